The van der Waals surface area contributed by atoms with E-state index in [4.69, 9.17) is 4.74 Å². The number of amides is 1. The summed E-state index contributed by atoms with van der Waals surface area (Å²) in [6.07, 6.45) is 1.53. The molecule has 0 saturated carbocycles. The first-order chi connectivity index (χ1) is 13.6. The molecule has 9 nitrogen and oxygen atoms in total. The number of carbonyl (C=O) groups excluding carboxylic acids is 1. The predicted octanol–water partition coefficient (Wildman–Crippen LogP) is 2.31. The highest BCUT2D eigenvalue weighted by Crippen LogP contribution is 2.26. The fourth-order valence-electron chi connectivity index (χ4n) is 2.51. The van der Waals surface area contributed by atoms with E-state index in [0.29, 0.717) is 17.6 Å². The zero-order chi connectivity index (χ0) is 19.9. The average Bonchev–Trinajstić information content (AvgIpc) is 3.13. The monoisotopic (exact) mass is 399 g/mol. The number of hydrazine groups is 1. The highest BCUT2D eigenvalue weighted by Gasteiger charge is 2.15. The van der Waals surface area contributed by atoms with Crippen molar-refractivity contribution in [3.05, 3.63) is 42.1 Å². The van der Waals surface area contributed by atoms with E-state index < -0.39 is 0 Å². The smallest absolute Gasteiger partial charge is 0.248 e. The minimum atomic E-state index is -0.237. The predicted molar refractivity (Wildman–Crippen MR) is 107 cm³/mol. The van der Waals surface area contributed by atoms with E-state index in [1.807, 2.05) is 42.7 Å². The molecule has 0 aliphatic rings. The van der Waals surface area contributed by atoms with Gasteiger partial charge in [0.25, 0.3) is 0 Å². The van der Waals surface area contributed by atoms with Gasteiger partial charge in [0.1, 0.15) is 0 Å². The summed E-state index contributed by atoms with van der Waals surface area (Å²) in [5, 5.41) is 9.26. The summed E-state index contributed by atoms with van der Waals surface area (Å²) in [5.41, 5.74) is 7.38. The van der Waals surface area contributed by atoms with Gasteiger partial charge in [0.2, 0.25) is 17.7 Å². The molecule has 0 saturated heterocycles. The topological polar surface area (TPSA) is 107 Å². The Morgan fingerprint density at radius 2 is 2.07 bits per heavy atom. The van der Waals surface area contributed by atoms with Gasteiger partial charge in [0.15, 0.2) is 11.0 Å². The quantitative estimate of drug-likeness (QED) is 0.439. The van der Waals surface area contributed by atoms with E-state index in [1.165, 1.54) is 25.1 Å². The maximum absolute atomic E-state index is 12.1. The number of hydrogen-bond acceptors (Lipinski definition) is 8. The van der Waals surface area contributed by atoms with Gasteiger partial charge in [-0.05, 0) is 19.4 Å². The zero-order valence-corrected chi connectivity index (χ0v) is 16.7. The second-order valence-corrected chi connectivity index (χ2v) is 6.69. The van der Waals surface area contributed by atoms with Crippen LogP contribution in [0, 0.1) is 6.92 Å². The van der Waals surface area contributed by atoms with Crippen LogP contribution in [0.1, 0.15) is 12.5 Å². The molecule has 1 amide bonds. The van der Waals surface area contributed by atoms with Crippen LogP contribution in [0.3, 0.4) is 0 Å². The molecule has 2 heterocycles. The molecule has 1 aromatic carbocycles. The van der Waals surface area contributed by atoms with Crippen molar-refractivity contribution in [3.8, 4) is 17.3 Å². The lowest BCUT2D eigenvalue weighted by Crippen LogP contribution is -2.31. The molecular weight excluding hydrogens is 378 g/mol. The minimum absolute atomic E-state index is 0.170. The molecule has 28 heavy (non-hydrogen) atoms. The highest BCUT2D eigenvalue weighted by molar-refractivity contribution is 7.99. The van der Waals surface area contributed by atoms with E-state index in [0.717, 1.165) is 17.0 Å². The Kier molecular flexibility index (Phi) is 6.43. The molecule has 0 atom stereocenters. The van der Waals surface area contributed by atoms with Gasteiger partial charge in [0, 0.05) is 24.4 Å². The van der Waals surface area contributed by atoms with Crippen LogP contribution < -0.4 is 15.6 Å². The molecule has 0 aliphatic carbocycles. The SMILES string of the molecule is CCn1c(SCC(=O)NNc2nccc(OC)n2)nnc1-c1ccccc1C. The number of carbonyl (C=O) groups is 1. The van der Waals surface area contributed by atoms with Crippen LogP contribution >= 0.6 is 11.8 Å². The van der Waals surface area contributed by atoms with E-state index in [9.17, 15) is 4.79 Å². The normalized spacial score (nSPS) is 10.5. The number of ether oxygens (including phenoxy) is 1. The second kappa shape index (κ2) is 9.18. The molecule has 0 radical (unpaired) electrons. The van der Waals surface area contributed by atoms with Crippen molar-refractivity contribution in [2.45, 2.75) is 25.5 Å². The molecule has 0 spiro atoms. The minimum Gasteiger partial charge on any atom is -0.481 e. The zero-order valence-electron chi connectivity index (χ0n) is 15.8. The summed E-state index contributed by atoms with van der Waals surface area (Å²) in [6.45, 7) is 4.77. The number of thioether (sulfide) groups is 1. The number of methoxy groups -OCH3 is 1. The molecule has 2 N–H and O–H groups in total. The molecule has 2 aromatic heterocycles. The lowest BCUT2D eigenvalue weighted by Gasteiger charge is -2.10. The van der Waals surface area contributed by atoms with Crippen LogP contribution in [0.25, 0.3) is 11.4 Å². The maximum Gasteiger partial charge on any atom is 0.248 e. The van der Waals surface area contributed by atoms with Crippen molar-refractivity contribution in [2.24, 2.45) is 0 Å². The Morgan fingerprint density at radius 1 is 1.25 bits per heavy atom. The van der Waals surface area contributed by atoms with Crippen LogP contribution in [-0.4, -0.2) is 43.5 Å². The molecule has 146 valence electrons. The third kappa shape index (κ3) is 4.58. The number of anilines is 1. The molecule has 0 unspecified atom stereocenters. The van der Waals surface area contributed by atoms with Crippen LogP contribution in [0.15, 0.2) is 41.7 Å². The van der Waals surface area contributed by atoms with Gasteiger partial charge in [0.05, 0.1) is 12.9 Å². The van der Waals surface area contributed by atoms with Gasteiger partial charge < -0.3 is 9.30 Å². The van der Waals surface area contributed by atoms with Crippen molar-refractivity contribution in [1.82, 2.24) is 30.2 Å². The van der Waals surface area contributed by atoms with Gasteiger partial charge in [-0.15, -0.1) is 10.2 Å². The first-order valence-corrected chi connectivity index (χ1v) is 9.64. The molecule has 0 fully saturated rings. The van der Waals surface area contributed by atoms with Crippen LogP contribution in [0.4, 0.5) is 5.95 Å². The Hall–Kier alpha value is -3.14. The fourth-order valence-corrected chi connectivity index (χ4v) is 3.31. The van der Waals surface area contributed by atoms with Crippen molar-refractivity contribution in [2.75, 3.05) is 18.3 Å². The summed E-state index contributed by atoms with van der Waals surface area (Å²) >= 11 is 1.32. The molecule has 3 rings (SSSR count). The summed E-state index contributed by atoms with van der Waals surface area (Å²) in [4.78, 5) is 20.2. The van der Waals surface area contributed by atoms with E-state index in [1.54, 1.807) is 6.07 Å². The van der Waals surface area contributed by atoms with Crippen molar-refractivity contribution < 1.29 is 9.53 Å². The molecule has 0 bridgehead atoms. The standard InChI is InChI=1S/C18H21N7O2S/c1-4-25-16(13-8-6-5-7-12(13)2)22-24-18(25)28-11-14(26)21-23-17-19-10-9-15(20-17)27-3/h5-10H,4,11H2,1-3H3,(H,21,26)(H,19,20,23). The van der Waals surface area contributed by atoms with Gasteiger partial charge >= 0.3 is 0 Å². The van der Waals surface area contributed by atoms with E-state index in [-0.39, 0.29) is 17.6 Å². The molecular formula is C18H21N7O2S. The van der Waals surface area contributed by atoms with Crippen molar-refractivity contribution in [1.29, 1.82) is 0 Å². The lowest BCUT2D eigenvalue weighted by atomic mass is 10.1. The van der Waals surface area contributed by atoms with Crippen molar-refractivity contribution in [3.63, 3.8) is 0 Å². The third-order valence-corrected chi connectivity index (χ3v) is 4.87. The number of aromatic nitrogens is 5. The van der Waals surface area contributed by atoms with Gasteiger partial charge in [-0.25, -0.2) is 4.98 Å². The summed E-state index contributed by atoms with van der Waals surface area (Å²) < 4.78 is 7.01. The Morgan fingerprint density at radius 3 is 2.82 bits per heavy atom. The van der Waals surface area contributed by atoms with Gasteiger partial charge in [-0.1, -0.05) is 36.0 Å². The molecule has 0 aliphatic heterocycles. The average molecular weight is 399 g/mol. The van der Waals surface area contributed by atoms with E-state index >= 15 is 0 Å². The first-order valence-electron chi connectivity index (χ1n) is 8.66. The molecule has 10 heteroatoms. The maximum atomic E-state index is 12.1. The second-order valence-electron chi connectivity index (χ2n) is 5.75. The van der Waals surface area contributed by atoms with Crippen LogP contribution in [0.2, 0.25) is 0 Å². The summed E-state index contributed by atoms with van der Waals surface area (Å²) in [7, 11) is 1.51. The van der Waals surface area contributed by atoms with Gasteiger partial charge in [-0.2, -0.15) is 4.98 Å². The van der Waals surface area contributed by atoms with E-state index in [2.05, 4.69) is 31.0 Å². The highest BCUT2D eigenvalue weighted by atomic mass is 32.2. The summed E-state index contributed by atoms with van der Waals surface area (Å²) in [5.74, 6) is 1.38. The lowest BCUT2D eigenvalue weighted by molar-refractivity contribution is -0.118. The number of nitrogens with one attached hydrogen (secondary N) is 2. The van der Waals surface area contributed by atoms with Crippen LogP contribution in [0.5, 0.6) is 5.88 Å². The number of nitrogens with zero attached hydrogens (tertiary/aromatic N) is 5. The molecule has 3 aromatic rings. The Balaban J connectivity index is 1.61. The summed E-state index contributed by atoms with van der Waals surface area (Å²) in [6, 6.07) is 9.64. The largest absolute Gasteiger partial charge is 0.481 e. The Bertz CT molecular complexity index is 961. The number of benzene rings is 1. The Labute approximate surface area is 166 Å². The number of aryl methyl sites for hydroxylation is 1. The number of rotatable bonds is 8. The first kappa shape index (κ1) is 19.6. The number of hydrogen-bond donors (Lipinski definition) is 2. The fraction of sp³-hybridized carbons (Fsp3) is 0.278. The van der Waals surface area contributed by atoms with Crippen molar-refractivity contribution >= 4 is 23.6 Å². The third-order valence-electron chi connectivity index (χ3n) is 3.90. The van der Waals surface area contributed by atoms with Crippen LogP contribution in [-0.2, 0) is 11.3 Å². The van der Waals surface area contributed by atoms with Gasteiger partial charge in [-0.3, -0.25) is 15.6 Å².